The van der Waals surface area contributed by atoms with Crippen LogP contribution in [0.25, 0.3) is 0 Å². The van der Waals surface area contributed by atoms with Gasteiger partial charge >= 0.3 is 0 Å². The van der Waals surface area contributed by atoms with Crippen LogP contribution in [0.3, 0.4) is 0 Å². The molecule has 0 aliphatic heterocycles. The summed E-state index contributed by atoms with van der Waals surface area (Å²) >= 11 is 3.56. The van der Waals surface area contributed by atoms with Crippen molar-refractivity contribution in [3.05, 3.63) is 46.0 Å². The van der Waals surface area contributed by atoms with Crippen LogP contribution >= 0.6 is 15.9 Å². The van der Waals surface area contributed by atoms with Crippen LogP contribution in [0.15, 0.2) is 33.3 Å². The van der Waals surface area contributed by atoms with Gasteiger partial charge in [0.1, 0.15) is 0 Å². The quantitative estimate of drug-likeness (QED) is 0.914. The summed E-state index contributed by atoms with van der Waals surface area (Å²) in [7, 11) is 2.02. The zero-order valence-electron chi connectivity index (χ0n) is 12.2. The average Bonchev–Trinajstić information content (AvgIpc) is 2.98. The normalized spacial score (nSPS) is 22.4. The molecule has 0 saturated heterocycles. The Balaban J connectivity index is 1.75. The number of hydrogen-bond acceptors (Lipinski definition) is 4. The zero-order chi connectivity index (χ0) is 14.7. The standard InChI is InChI=1S/C16H20BrN3O/c1-18-14-9-5-3-7-12(14)16-19-15(20-21-16)10-11-6-2-4-8-13(11)17/h2,4,6,8,12,14,18H,3,5,7,9-10H2,1H3. The number of benzene rings is 1. The first-order chi connectivity index (χ1) is 10.3. The molecule has 1 fully saturated rings. The fourth-order valence-electron chi connectivity index (χ4n) is 3.07. The molecule has 1 saturated carbocycles. The summed E-state index contributed by atoms with van der Waals surface area (Å²) in [4.78, 5) is 4.63. The van der Waals surface area contributed by atoms with E-state index in [1.165, 1.54) is 24.8 Å². The molecule has 112 valence electrons. The molecule has 1 heterocycles. The van der Waals surface area contributed by atoms with E-state index in [2.05, 4.69) is 37.5 Å². The first-order valence-corrected chi connectivity index (χ1v) is 8.30. The smallest absolute Gasteiger partial charge is 0.231 e. The molecule has 3 rings (SSSR count). The molecule has 2 atom stereocenters. The third-order valence-electron chi connectivity index (χ3n) is 4.24. The summed E-state index contributed by atoms with van der Waals surface area (Å²) in [6, 6.07) is 8.61. The van der Waals surface area contributed by atoms with E-state index in [1.807, 2.05) is 25.2 Å². The fourth-order valence-corrected chi connectivity index (χ4v) is 3.50. The van der Waals surface area contributed by atoms with Crippen molar-refractivity contribution in [1.82, 2.24) is 15.5 Å². The van der Waals surface area contributed by atoms with E-state index in [0.717, 1.165) is 22.6 Å². The number of nitrogens with one attached hydrogen (secondary N) is 1. The maximum atomic E-state index is 5.53. The van der Waals surface area contributed by atoms with Gasteiger partial charge in [-0.25, -0.2) is 0 Å². The molecule has 1 aliphatic rings. The third-order valence-corrected chi connectivity index (χ3v) is 5.02. The van der Waals surface area contributed by atoms with Crippen LogP contribution in [0.1, 0.15) is 48.9 Å². The minimum Gasteiger partial charge on any atom is -0.339 e. The summed E-state index contributed by atoms with van der Waals surface area (Å²) in [5.41, 5.74) is 1.18. The molecule has 1 N–H and O–H groups in total. The van der Waals surface area contributed by atoms with Crippen LogP contribution in [0.5, 0.6) is 0 Å². The molecule has 1 aromatic carbocycles. The highest BCUT2D eigenvalue weighted by Crippen LogP contribution is 2.32. The van der Waals surface area contributed by atoms with Gasteiger partial charge in [-0.2, -0.15) is 4.98 Å². The first kappa shape index (κ1) is 14.7. The van der Waals surface area contributed by atoms with Crippen LogP contribution in [0.2, 0.25) is 0 Å². The lowest BCUT2D eigenvalue weighted by molar-refractivity contribution is 0.269. The van der Waals surface area contributed by atoms with Gasteiger partial charge in [0, 0.05) is 16.9 Å². The number of hydrogen-bond donors (Lipinski definition) is 1. The second kappa shape index (κ2) is 6.71. The fraction of sp³-hybridized carbons (Fsp3) is 0.500. The van der Waals surface area contributed by atoms with Crippen molar-refractivity contribution in [2.45, 2.75) is 44.1 Å². The predicted molar refractivity (Wildman–Crippen MR) is 85.3 cm³/mol. The Morgan fingerprint density at radius 3 is 2.90 bits per heavy atom. The summed E-state index contributed by atoms with van der Waals surface area (Å²) in [6.45, 7) is 0. The maximum Gasteiger partial charge on any atom is 0.231 e. The van der Waals surface area contributed by atoms with Crippen molar-refractivity contribution in [3.63, 3.8) is 0 Å². The molecule has 2 unspecified atom stereocenters. The van der Waals surface area contributed by atoms with Gasteiger partial charge in [-0.15, -0.1) is 0 Å². The van der Waals surface area contributed by atoms with Gasteiger partial charge in [0.25, 0.3) is 0 Å². The Morgan fingerprint density at radius 1 is 1.29 bits per heavy atom. The lowest BCUT2D eigenvalue weighted by Crippen LogP contribution is -2.34. The van der Waals surface area contributed by atoms with E-state index >= 15 is 0 Å². The number of halogens is 1. The number of nitrogens with zero attached hydrogens (tertiary/aromatic N) is 2. The lowest BCUT2D eigenvalue weighted by Gasteiger charge is -2.28. The molecule has 4 nitrogen and oxygen atoms in total. The molecule has 2 aromatic rings. The summed E-state index contributed by atoms with van der Waals surface area (Å²) in [5, 5.41) is 7.55. The monoisotopic (exact) mass is 349 g/mol. The van der Waals surface area contributed by atoms with E-state index in [0.29, 0.717) is 18.4 Å². The van der Waals surface area contributed by atoms with Crippen LogP contribution in [-0.2, 0) is 6.42 Å². The molecular formula is C16H20BrN3O. The predicted octanol–water partition coefficient (Wildman–Crippen LogP) is 3.67. The lowest BCUT2D eigenvalue weighted by atomic mass is 9.84. The van der Waals surface area contributed by atoms with E-state index in [-0.39, 0.29) is 0 Å². The van der Waals surface area contributed by atoms with Crippen molar-refractivity contribution in [2.24, 2.45) is 0 Å². The molecule has 0 radical (unpaired) electrons. The molecule has 5 heteroatoms. The van der Waals surface area contributed by atoms with Crippen LogP contribution in [0.4, 0.5) is 0 Å². The molecular weight excluding hydrogens is 330 g/mol. The van der Waals surface area contributed by atoms with Gasteiger partial charge in [-0.3, -0.25) is 0 Å². The summed E-state index contributed by atoms with van der Waals surface area (Å²) in [6.07, 6.45) is 5.53. The Hall–Kier alpha value is -1.20. The van der Waals surface area contributed by atoms with Crippen molar-refractivity contribution in [1.29, 1.82) is 0 Å². The van der Waals surface area contributed by atoms with Crippen molar-refractivity contribution in [2.75, 3.05) is 7.05 Å². The minimum absolute atomic E-state index is 0.351. The summed E-state index contributed by atoms with van der Waals surface area (Å²) in [5.74, 6) is 1.90. The second-order valence-corrected chi connectivity index (χ2v) is 6.46. The first-order valence-electron chi connectivity index (χ1n) is 7.51. The SMILES string of the molecule is CNC1CCCCC1c1nc(Cc2ccccc2Br)no1. The largest absolute Gasteiger partial charge is 0.339 e. The maximum absolute atomic E-state index is 5.53. The molecule has 0 amide bonds. The summed E-state index contributed by atoms with van der Waals surface area (Å²) < 4.78 is 6.62. The topological polar surface area (TPSA) is 51.0 Å². The Morgan fingerprint density at radius 2 is 2.10 bits per heavy atom. The van der Waals surface area contributed by atoms with Gasteiger partial charge in [0.2, 0.25) is 5.89 Å². The molecule has 0 spiro atoms. The highest BCUT2D eigenvalue weighted by Gasteiger charge is 2.29. The van der Waals surface area contributed by atoms with Crippen LogP contribution in [-0.4, -0.2) is 23.2 Å². The Bertz CT molecular complexity index is 599. The van der Waals surface area contributed by atoms with E-state index in [4.69, 9.17) is 4.52 Å². The Kier molecular flexibility index (Phi) is 4.70. The highest BCUT2D eigenvalue weighted by atomic mass is 79.9. The van der Waals surface area contributed by atoms with Gasteiger partial charge in [0.15, 0.2) is 5.82 Å². The average molecular weight is 350 g/mol. The van der Waals surface area contributed by atoms with Crippen LogP contribution in [0, 0.1) is 0 Å². The highest BCUT2D eigenvalue weighted by molar-refractivity contribution is 9.10. The number of likely N-dealkylation sites (N-methyl/N-ethyl adjacent to an activating group) is 1. The van der Waals surface area contributed by atoms with Crippen molar-refractivity contribution in [3.8, 4) is 0 Å². The number of rotatable bonds is 4. The second-order valence-electron chi connectivity index (χ2n) is 5.60. The van der Waals surface area contributed by atoms with Gasteiger partial charge < -0.3 is 9.84 Å². The van der Waals surface area contributed by atoms with Crippen LogP contribution < -0.4 is 5.32 Å². The van der Waals surface area contributed by atoms with Gasteiger partial charge in [0.05, 0.1) is 5.92 Å². The molecule has 21 heavy (non-hydrogen) atoms. The van der Waals surface area contributed by atoms with E-state index in [1.54, 1.807) is 0 Å². The van der Waals surface area contributed by atoms with E-state index < -0.39 is 0 Å². The Labute approximate surface area is 133 Å². The van der Waals surface area contributed by atoms with E-state index in [9.17, 15) is 0 Å². The van der Waals surface area contributed by atoms with Crippen molar-refractivity contribution >= 4 is 15.9 Å². The van der Waals surface area contributed by atoms with Gasteiger partial charge in [-0.05, 0) is 31.5 Å². The number of aromatic nitrogens is 2. The molecule has 0 bridgehead atoms. The van der Waals surface area contributed by atoms with Gasteiger partial charge in [-0.1, -0.05) is 52.1 Å². The molecule has 1 aromatic heterocycles. The minimum atomic E-state index is 0.351. The molecule has 1 aliphatic carbocycles. The zero-order valence-corrected chi connectivity index (χ0v) is 13.8. The van der Waals surface area contributed by atoms with Crippen molar-refractivity contribution < 1.29 is 4.52 Å². The third kappa shape index (κ3) is 3.35.